The monoisotopic (exact) mass is 295 g/mol. The second-order valence-electron chi connectivity index (χ2n) is 3.58. The molecule has 0 unspecified atom stereocenters. The highest BCUT2D eigenvalue weighted by molar-refractivity contribution is 9.10. The second kappa shape index (κ2) is 5.62. The SMILES string of the molecule is CCNCc1cccc(-c2sccc2Br)c1. The maximum atomic E-state index is 3.57. The van der Waals surface area contributed by atoms with Crippen LogP contribution in [-0.4, -0.2) is 6.54 Å². The van der Waals surface area contributed by atoms with Crippen LogP contribution in [-0.2, 0) is 6.54 Å². The van der Waals surface area contributed by atoms with Gasteiger partial charge in [0, 0.05) is 15.9 Å². The molecular formula is C13H14BrNS. The number of halogens is 1. The first kappa shape index (κ1) is 11.8. The molecule has 2 aromatic rings. The topological polar surface area (TPSA) is 12.0 Å². The molecule has 3 heteroatoms. The van der Waals surface area contributed by atoms with Crippen LogP contribution in [0.2, 0.25) is 0 Å². The van der Waals surface area contributed by atoms with Crippen LogP contribution in [0.15, 0.2) is 40.2 Å². The molecule has 1 aromatic carbocycles. The van der Waals surface area contributed by atoms with Gasteiger partial charge >= 0.3 is 0 Å². The highest BCUT2D eigenvalue weighted by Gasteiger charge is 2.04. The Morgan fingerprint density at radius 2 is 2.19 bits per heavy atom. The van der Waals surface area contributed by atoms with E-state index in [1.165, 1.54) is 20.5 Å². The summed E-state index contributed by atoms with van der Waals surface area (Å²) in [5, 5.41) is 5.45. The molecule has 1 aromatic heterocycles. The van der Waals surface area contributed by atoms with Crippen molar-refractivity contribution >= 4 is 27.3 Å². The van der Waals surface area contributed by atoms with Crippen molar-refractivity contribution in [2.45, 2.75) is 13.5 Å². The lowest BCUT2D eigenvalue weighted by Gasteiger charge is -2.05. The molecule has 0 aliphatic carbocycles. The molecule has 0 amide bonds. The highest BCUT2D eigenvalue weighted by Crippen LogP contribution is 2.33. The predicted octanol–water partition coefficient (Wildman–Crippen LogP) is 4.29. The molecule has 0 fully saturated rings. The van der Waals surface area contributed by atoms with Gasteiger partial charge in [-0.3, -0.25) is 0 Å². The third-order valence-electron chi connectivity index (χ3n) is 2.39. The number of rotatable bonds is 4. The lowest BCUT2D eigenvalue weighted by atomic mass is 10.1. The zero-order valence-corrected chi connectivity index (χ0v) is 11.6. The molecule has 1 nitrogen and oxygen atoms in total. The van der Waals surface area contributed by atoms with E-state index in [-0.39, 0.29) is 0 Å². The van der Waals surface area contributed by atoms with E-state index in [0.29, 0.717) is 0 Å². The molecule has 0 radical (unpaired) electrons. The Morgan fingerprint density at radius 1 is 1.31 bits per heavy atom. The first-order valence-corrected chi connectivity index (χ1v) is 7.01. The van der Waals surface area contributed by atoms with Crippen LogP contribution in [0.5, 0.6) is 0 Å². The van der Waals surface area contributed by atoms with E-state index < -0.39 is 0 Å². The van der Waals surface area contributed by atoms with Gasteiger partial charge in [-0.25, -0.2) is 0 Å². The van der Waals surface area contributed by atoms with Gasteiger partial charge in [-0.1, -0.05) is 25.1 Å². The summed E-state index contributed by atoms with van der Waals surface area (Å²) in [6.45, 7) is 4.07. The van der Waals surface area contributed by atoms with E-state index in [0.717, 1.165) is 13.1 Å². The smallest absolute Gasteiger partial charge is 0.0484 e. The van der Waals surface area contributed by atoms with Crippen molar-refractivity contribution in [3.63, 3.8) is 0 Å². The minimum Gasteiger partial charge on any atom is -0.313 e. The van der Waals surface area contributed by atoms with Crippen molar-refractivity contribution in [3.05, 3.63) is 45.7 Å². The summed E-state index contributed by atoms with van der Waals surface area (Å²) in [5.74, 6) is 0. The lowest BCUT2D eigenvalue weighted by Crippen LogP contribution is -2.11. The fourth-order valence-corrected chi connectivity index (χ4v) is 3.19. The number of thiophene rings is 1. The summed E-state index contributed by atoms with van der Waals surface area (Å²) in [6, 6.07) is 10.8. The summed E-state index contributed by atoms with van der Waals surface area (Å²) < 4.78 is 1.18. The van der Waals surface area contributed by atoms with Gasteiger partial charge in [0.05, 0.1) is 0 Å². The molecule has 0 atom stereocenters. The fourth-order valence-electron chi connectivity index (χ4n) is 1.59. The van der Waals surface area contributed by atoms with Crippen LogP contribution < -0.4 is 5.32 Å². The summed E-state index contributed by atoms with van der Waals surface area (Å²) >= 11 is 5.34. The molecule has 84 valence electrons. The van der Waals surface area contributed by atoms with E-state index in [9.17, 15) is 0 Å². The van der Waals surface area contributed by atoms with Crippen molar-refractivity contribution in [1.29, 1.82) is 0 Å². The van der Waals surface area contributed by atoms with Crippen molar-refractivity contribution in [1.82, 2.24) is 5.32 Å². The Morgan fingerprint density at radius 3 is 2.88 bits per heavy atom. The Bertz CT molecular complexity index is 464. The lowest BCUT2D eigenvalue weighted by molar-refractivity contribution is 0.727. The Hall–Kier alpha value is -0.640. The minimum absolute atomic E-state index is 0.938. The minimum atomic E-state index is 0.938. The van der Waals surface area contributed by atoms with Crippen LogP contribution in [0.1, 0.15) is 12.5 Å². The van der Waals surface area contributed by atoms with E-state index in [2.05, 4.69) is 63.9 Å². The van der Waals surface area contributed by atoms with Crippen molar-refractivity contribution in [2.24, 2.45) is 0 Å². The van der Waals surface area contributed by atoms with Crippen molar-refractivity contribution < 1.29 is 0 Å². The normalized spacial score (nSPS) is 10.6. The van der Waals surface area contributed by atoms with Gasteiger partial charge in [0.1, 0.15) is 0 Å². The van der Waals surface area contributed by atoms with E-state index >= 15 is 0 Å². The number of hydrogen-bond acceptors (Lipinski definition) is 2. The maximum Gasteiger partial charge on any atom is 0.0484 e. The summed E-state index contributed by atoms with van der Waals surface area (Å²) in [6.07, 6.45) is 0. The first-order valence-electron chi connectivity index (χ1n) is 5.34. The Kier molecular flexibility index (Phi) is 4.16. The molecule has 1 heterocycles. The van der Waals surface area contributed by atoms with Gasteiger partial charge in [-0.15, -0.1) is 11.3 Å². The maximum absolute atomic E-state index is 3.57. The van der Waals surface area contributed by atoms with Gasteiger partial charge in [0.25, 0.3) is 0 Å². The van der Waals surface area contributed by atoms with Gasteiger partial charge in [0.2, 0.25) is 0 Å². The van der Waals surface area contributed by atoms with Crippen LogP contribution in [0.3, 0.4) is 0 Å². The van der Waals surface area contributed by atoms with E-state index in [1.54, 1.807) is 11.3 Å². The Balaban J connectivity index is 2.26. The molecule has 0 saturated carbocycles. The molecule has 1 N–H and O–H groups in total. The zero-order valence-electron chi connectivity index (χ0n) is 9.16. The van der Waals surface area contributed by atoms with Gasteiger partial charge < -0.3 is 5.32 Å². The number of benzene rings is 1. The fraction of sp³-hybridized carbons (Fsp3) is 0.231. The van der Waals surface area contributed by atoms with Gasteiger partial charge in [-0.2, -0.15) is 0 Å². The molecule has 16 heavy (non-hydrogen) atoms. The van der Waals surface area contributed by atoms with Crippen molar-refractivity contribution in [3.8, 4) is 10.4 Å². The summed E-state index contributed by atoms with van der Waals surface area (Å²) in [7, 11) is 0. The summed E-state index contributed by atoms with van der Waals surface area (Å²) in [5.41, 5.74) is 2.62. The zero-order chi connectivity index (χ0) is 11.4. The van der Waals surface area contributed by atoms with E-state index in [4.69, 9.17) is 0 Å². The summed E-state index contributed by atoms with van der Waals surface area (Å²) in [4.78, 5) is 1.30. The van der Waals surface area contributed by atoms with Crippen LogP contribution in [0, 0.1) is 0 Å². The highest BCUT2D eigenvalue weighted by atomic mass is 79.9. The standard InChI is InChI=1S/C13H14BrNS/c1-2-15-9-10-4-3-5-11(8-10)13-12(14)6-7-16-13/h3-8,15H,2,9H2,1H3. The third kappa shape index (κ3) is 2.73. The van der Waals surface area contributed by atoms with E-state index in [1.807, 2.05) is 0 Å². The average molecular weight is 296 g/mol. The molecule has 0 saturated heterocycles. The predicted molar refractivity (Wildman–Crippen MR) is 74.8 cm³/mol. The number of hydrogen-bond donors (Lipinski definition) is 1. The second-order valence-corrected chi connectivity index (χ2v) is 5.35. The molecule has 0 aliphatic rings. The average Bonchev–Trinajstić information content (AvgIpc) is 2.73. The van der Waals surface area contributed by atoms with Crippen LogP contribution in [0.25, 0.3) is 10.4 Å². The van der Waals surface area contributed by atoms with Gasteiger partial charge in [-0.05, 0) is 51.1 Å². The van der Waals surface area contributed by atoms with Gasteiger partial charge in [0.15, 0.2) is 0 Å². The number of nitrogens with one attached hydrogen (secondary N) is 1. The molecule has 0 bridgehead atoms. The molecule has 2 rings (SSSR count). The molecule has 0 aliphatic heterocycles. The molecule has 0 spiro atoms. The Labute approximate surface area is 109 Å². The largest absolute Gasteiger partial charge is 0.313 e. The van der Waals surface area contributed by atoms with Crippen molar-refractivity contribution in [2.75, 3.05) is 6.54 Å². The first-order chi connectivity index (χ1) is 7.81. The van der Waals surface area contributed by atoms with Crippen LogP contribution >= 0.6 is 27.3 Å². The molecular weight excluding hydrogens is 282 g/mol. The van der Waals surface area contributed by atoms with Crippen LogP contribution in [0.4, 0.5) is 0 Å². The third-order valence-corrected chi connectivity index (χ3v) is 4.27. The quantitative estimate of drug-likeness (QED) is 0.887.